The second kappa shape index (κ2) is 10.4. The Labute approximate surface area is 116 Å². The Morgan fingerprint density at radius 2 is 1.74 bits per heavy atom. The third kappa shape index (κ3) is 7.45. The molecule has 0 fully saturated rings. The summed E-state index contributed by atoms with van der Waals surface area (Å²) in [4.78, 5) is 10.1. The van der Waals surface area contributed by atoms with E-state index in [9.17, 15) is 4.79 Å². The average Bonchev–Trinajstić information content (AvgIpc) is 2.45. The van der Waals surface area contributed by atoms with E-state index in [4.69, 9.17) is 4.74 Å². The predicted octanol–water partition coefficient (Wildman–Crippen LogP) is 4.55. The molecule has 0 spiro atoms. The van der Waals surface area contributed by atoms with Crippen LogP contribution in [0.25, 0.3) is 6.08 Å². The molecule has 0 saturated carbocycles. The fourth-order valence-electron chi connectivity index (χ4n) is 1.88. The quantitative estimate of drug-likeness (QED) is 0.455. The molecule has 0 amide bonds. The van der Waals surface area contributed by atoms with Crippen LogP contribution in [0, 0.1) is 0 Å². The molecule has 1 aromatic carbocycles. The molecule has 0 aromatic heterocycles. The minimum absolute atomic E-state index is 0.781. The smallest absolute Gasteiger partial charge is 0.225 e. The zero-order valence-corrected chi connectivity index (χ0v) is 11.7. The van der Waals surface area contributed by atoms with E-state index in [-0.39, 0.29) is 0 Å². The summed E-state index contributed by atoms with van der Waals surface area (Å²) in [7, 11) is 0. The van der Waals surface area contributed by atoms with E-state index in [2.05, 4.69) is 6.92 Å². The van der Waals surface area contributed by atoms with Gasteiger partial charge in [0.05, 0.1) is 6.61 Å². The molecular formula is C17H23O2. The molecule has 1 aromatic rings. The standard InChI is InChI=1S/C17H23O2/c1-2-3-4-5-6-7-15-19-17-12-10-16(11-13-17)9-8-14-18/h8-13H,2-7,15H2,1H3/b9-8+. The van der Waals surface area contributed by atoms with Crippen molar-refractivity contribution in [2.24, 2.45) is 0 Å². The molecule has 0 aliphatic carbocycles. The number of hydrogen-bond acceptors (Lipinski definition) is 2. The topological polar surface area (TPSA) is 26.3 Å². The van der Waals surface area contributed by atoms with Crippen molar-refractivity contribution in [3.63, 3.8) is 0 Å². The van der Waals surface area contributed by atoms with Crippen LogP contribution in [-0.2, 0) is 4.79 Å². The van der Waals surface area contributed by atoms with Gasteiger partial charge in [0.1, 0.15) is 5.75 Å². The first-order valence-electron chi connectivity index (χ1n) is 7.14. The van der Waals surface area contributed by atoms with E-state index in [0.717, 1.165) is 24.3 Å². The van der Waals surface area contributed by atoms with Crippen LogP contribution in [0.1, 0.15) is 51.0 Å². The lowest BCUT2D eigenvalue weighted by Gasteiger charge is -2.06. The molecule has 1 radical (unpaired) electrons. The molecule has 0 atom stereocenters. The highest BCUT2D eigenvalue weighted by atomic mass is 16.5. The monoisotopic (exact) mass is 259 g/mol. The van der Waals surface area contributed by atoms with Gasteiger partial charge in [0.25, 0.3) is 0 Å². The normalized spacial score (nSPS) is 10.8. The van der Waals surface area contributed by atoms with E-state index in [0.29, 0.717) is 0 Å². The number of unbranched alkanes of at least 4 members (excludes halogenated alkanes) is 5. The van der Waals surface area contributed by atoms with Crippen LogP contribution in [0.15, 0.2) is 30.3 Å². The van der Waals surface area contributed by atoms with E-state index >= 15 is 0 Å². The summed E-state index contributed by atoms with van der Waals surface area (Å²) < 4.78 is 5.67. The predicted molar refractivity (Wildman–Crippen MR) is 80.0 cm³/mol. The Morgan fingerprint density at radius 1 is 1.05 bits per heavy atom. The lowest BCUT2D eigenvalue weighted by Crippen LogP contribution is -1.97. The van der Waals surface area contributed by atoms with Crippen molar-refractivity contribution < 1.29 is 9.53 Å². The maximum absolute atomic E-state index is 10.1. The molecule has 0 bridgehead atoms. The molecule has 0 aliphatic heterocycles. The molecule has 103 valence electrons. The molecule has 0 unspecified atom stereocenters. The highest BCUT2D eigenvalue weighted by Gasteiger charge is 1.94. The highest BCUT2D eigenvalue weighted by Crippen LogP contribution is 2.14. The third-order valence-corrected chi connectivity index (χ3v) is 2.99. The van der Waals surface area contributed by atoms with Gasteiger partial charge >= 0.3 is 0 Å². The Morgan fingerprint density at radius 3 is 2.42 bits per heavy atom. The molecule has 1 rings (SSSR count). The van der Waals surface area contributed by atoms with Crippen LogP contribution < -0.4 is 4.74 Å². The molecule has 2 heteroatoms. The Kier molecular flexibility index (Phi) is 8.45. The first-order valence-corrected chi connectivity index (χ1v) is 7.14. The highest BCUT2D eigenvalue weighted by molar-refractivity contribution is 5.74. The number of ether oxygens (including phenoxy) is 1. The van der Waals surface area contributed by atoms with Gasteiger partial charge in [-0.15, -0.1) is 0 Å². The van der Waals surface area contributed by atoms with Crippen molar-refractivity contribution in [3.05, 3.63) is 35.9 Å². The molecule has 0 N–H and O–H groups in total. The number of carbonyl (C=O) groups excluding carboxylic acids is 1. The van der Waals surface area contributed by atoms with Crippen molar-refractivity contribution >= 4 is 12.4 Å². The molecule has 0 heterocycles. The number of hydrogen-bond donors (Lipinski definition) is 0. The van der Waals surface area contributed by atoms with Crippen molar-refractivity contribution in [1.82, 2.24) is 0 Å². The van der Waals surface area contributed by atoms with Crippen molar-refractivity contribution in [2.45, 2.75) is 45.4 Å². The van der Waals surface area contributed by atoms with Gasteiger partial charge in [-0.25, -0.2) is 0 Å². The van der Waals surface area contributed by atoms with Gasteiger partial charge in [0.15, 0.2) is 0 Å². The van der Waals surface area contributed by atoms with E-state index in [1.54, 1.807) is 12.4 Å². The zero-order valence-electron chi connectivity index (χ0n) is 11.7. The van der Waals surface area contributed by atoms with Crippen LogP contribution in [0.2, 0.25) is 0 Å². The minimum atomic E-state index is 0.781. The number of rotatable bonds is 10. The first-order chi connectivity index (χ1) is 9.36. The second-order valence-electron chi connectivity index (χ2n) is 4.64. The molecule has 2 nitrogen and oxygen atoms in total. The van der Waals surface area contributed by atoms with Crippen molar-refractivity contribution in [1.29, 1.82) is 0 Å². The average molecular weight is 259 g/mol. The zero-order chi connectivity index (χ0) is 13.8. The van der Waals surface area contributed by atoms with E-state index in [1.807, 2.05) is 24.3 Å². The fraction of sp³-hybridized carbons (Fsp3) is 0.471. The van der Waals surface area contributed by atoms with Gasteiger partial charge in [-0.2, -0.15) is 0 Å². The van der Waals surface area contributed by atoms with Gasteiger partial charge in [0, 0.05) is 0 Å². The Balaban J connectivity index is 2.15. The maximum atomic E-state index is 10.1. The van der Waals surface area contributed by atoms with Crippen molar-refractivity contribution in [2.75, 3.05) is 6.61 Å². The van der Waals surface area contributed by atoms with Crippen LogP contribution >= 0.6 is 0 Å². The summed E-state index contributed by atoms with van der Waals surface area (Å²) in [5.74, 6) is 0.890. The van der Waals surface area contributed by atoms with Gasteiger partial charge in [-0.05, 0) is 30.2 Å². The van der Waals surface area contributed by atoms with Gasteiger partial charge in [-0.1, -0.05) is 57.2 Å². The minimum Gasteiger partial charge on any atom is -0.494 e. The molecule has 0 saturated heterocycles. The summed E-state index contributed by atoms with van der Waals surface area (Å²) in [5, 5.41) is 0. The van der Waals surface area contributed by atoms with Crippen LogP contribution in [0.5, 0.6) is 5.75 Å². The maximum Gasteiger partial charge on any atom is 0.225 e. The molecule has 19 heavy (non-hydrogen) atoms. The SMILES string of the molecule is CCCCCCCCOc1ccc(/C=C/[C]=O)cc1. The van der Waals surface area contributed by atoms with E-state index < -0.39 is 0 Å². The lowest BCUT2D eigenvalue weighted by atomic mass is 10.1. The largest absolute Gasteiger partial charge is 0.494 e. The lowest BCUT2D eigenvalue weighted by molar-refractivity contribution is 0.304. The van der Waals surface area contributed by atoms with Gasteiger partial charge in [0.2, 0.25) is 6.29 Å². The Bertz CT molecular complexity index is 365. The van der Waals surface area contributed by atoms with Gasteiger partial charge < -0.3 is 4.74 Å². The van der Waals surface area contributed by atoms with Gasteiger partial charge in [-0.3, -0.25) is 4.79 Å². The summed E-state index contributed by atoms with van der Waals surface area (Å²) in [5.41, 5.74) is 0.982. The van der Waals surface area contributed by atoms with E-state index in [1.165, 1.54) is 38.2 Å². The van der Waals surface area contributed by atoms with Crippen LogP contribution in [0.3, 0.4) is 0 Å². The van der Waals surface area contributed by atoms with Crippen molar-refractivity contribution in [3.8, 4) is 5.75 Å². The molecular weight excluding hydrogens is 236 g/mol. The van der Waals surface area contributed by atoms with Crippen LogP contribution in [-0.4, -0.2) is 12.9 Å². The summed E-state index contributed by atoms with van der Waals surface area (Å²) in [6.07, 6.45) is 12.5. The third-order valence-electron chi connectivity index (χ3n) is 2.99. The first kappa shape index (κ1) is 15.5. The Hall–Kier alpha value is -1.57. The summed E-state index contributed by atoms with van der Waals surface area (Å²) in [6, 6.07) is 7.73. The summed E-state index contributed by atoms with van der Waals surface area (Å²) >= 11 is 0. The number of allylic oxidation sites excluding steroid dienone is 1. The summed E-state index contributed by atoms with van der Waals surface area (Å²) in [6.45, 7) is 3.01. The number of benzene rings is 1. The molecule has 0 aliphatic rings. The van der Waals surface area contributed by atoms with Crippen LogP contribution in [0.4, 0.5) is 0 Å². The fourth-order valence-corrected chi connectivity index (χ4v) is 1.88. The second-order valence-corrected chi connectivity index (χ2v) is 4.64.